The Morgan fingerprint density at radius 2 is 2.13 bits per heavy atom. The molecule has 2 aliphatic heterocycles. The summed E-state index contributed by atoms with van der Waals surface area (Å²) < 4.78 is 18.7. The van der Waals surface area contributed by atoms with Gasteiger partial charge in [0, 0.05) is 32.7 Å². The fourth-order valence-corrected chi connectivity index (χ4v) is 3.32. The van der Waals surface area contributed by atoms with E-state index in [9.17, 15) is 9.18 Å². The molecule has 3 rings (SSSR count). The number of morpholine rings is 1. The molecule has 2 aliphatic rings. The molecule has 2 saturated heterocycles. The normalized spacial score (nSPS) is 22.3. The average molecular weight is 321 g/mol. The van der Waals surface area contributed by atoms with Crippen LogP contribution < -0.4 is 5.32 Å². The SMILES string of the molecule is O=C(NCCN1CCOCC1)N1CCCC1c1cccc(F)c1. The lowest BCUT2D eigenvalue weighted by Crippen LogP contribution is -2.45. The number of rotatable bonds is 4. The lowest BCUT2D eigenvalue weighted by molar-refractivity contribution is 0.0385. The van der Waals surface area contributed by atoms with Gasteiger partial charge in [0.05, 0.1) is 19.3 Å². The second kappa shape index (κ2) is 7.75. The Labute approximate surface area is 136 Å². The van der Waals surface area contributed by atoms with Crippen LogP contribution in [0.2, 0.25) is 0 Å². The van der Waals surface area contributed by atoms with Gasteiger partial charge in [0.15, 0.2) is 0 Å². The smallest absolute Gasteiger partial charge is 0.317 e. The van der Waals surface area contributed by atoms with Gasteiger partial charge in [-0.25, -0.2) is 9.18 Å². The van der Waals surface area contributed by atoms with E-state index in [1.165, 1.54) is 12.1 Å². The van der Waals surface area contributed by atoms with Gasteiger partial charge < -0.3 is 15.0 Å². The number of halogens is 1. The maximum Gasteiger partial charge on any atom is 0.317 e. The standard InChI is InChI=1S/C17H24FN3O2/c18-15-4-1-3-14(13-15)16-5-2-7-21(16)17(22)19-6-8-20-9-11-23-12-10-20/h1,3-4,13,16H,2,5-12H2,(H,19,22). The average Bonchev–Trinajstić information content (AvgIpc) is 3.05. The van der Waals surface area contributed by atoms with Gasteiger partial charge in [0.25, 0.3) is 0 Å². The fraction of sp³-hybridized carbons (Fsp3) is 0.588. The van der Waals surface area contributed by atoms with Crippen LogP contribution in [0.1, 0.15) is 24.4 Å². The largest absolute Gasteiger partial charge is 0.379 e. The third kappa shape index (κ3) is 4.20. The van der Waals surface area contributed by atoms with Crippen molar-refractivity contribution in [2.24, 2.45) is 0 Å². The number of ether oxygens (including phenoxy) is 1. The number of hydrogen-bond acceptors (Lipinski definition) is 3. The Kier molecular flexibility index (Phi) is 5.46. The van der Waals surface area contributed by atoms with Crippen LogP contribution in [-0.4, -0.2) is 61.8 Å². The summed E-state index contributed by atoms with van der Waals surface area (Å²) in [4.78, 5) is 16.6. The van der Waals surface area contributed by atoms with E-state index in [1.54, 1.807) is 6.07 Å². The molecule has 2 amide bonds. The van der Waals surface area contributed by atoms with Gasteiger partial charge in [-0.3, -0.25) is 4.90 Å². The third-order valence-electron chi connectivity index (χ3n) is 4.56. The molecule has 0 saturated carbocycles. The first-order chi connectivity index (χ1) is 11.2. The Bertz CT molecular complexity index is 534. The van der Waals surface area contributed by atoms with Crippen molar-refractivity contribution >= 4 is 6.03 Å². The van der Waals surface area contributed by atoms with Crippen LogP contribution in [-0.2, 0) is 4.74 Å². The van der Waals surface area contributed by atoms with Crippen LogP contribution in [0.15, 0.2) is 24.3 Å². The highest BCUT2D eigenvalue weighted by atomic mass is 19.1. The zero-order chi connectivity index (χ0) is 16.1. The number of hydrogen-bond donors (Lipinski definition) is 1. The van der Waals surface area contributed by atoms with Crippen LogP contribution in [0.4, 0.5) is 9.18 Å². The predicted molar refractivity (Wildman–Crippen MR) is 85.7 cm³/mol. The van der Waals surface area contributed by atoms with Crippen molar-refractivity contribution in [1.82, 2.24) is 15.1 Å². The summed E-state index contributed by atoms with van der Waals surface area (Å²) in [5.74, 6) is -0.248. The zero-order valence-electron chi connectivity index (χ0n) is 13.3. The molecule has 1 aromatic rings. The first kappa shape index (κ1) is 16.2. The maximum atomic E-state index is 13.4. The molecule has 0 radical (unpaired) electrons. The lowest BCUT2D eigenvalue weighted by Gasteiger charge is -2.28. The van der Waals surface area contributed by atoms with Crippen molar-refractivity contribution in [3.05, 3.63) is 35.6 Å². The van der Waals surface area contributed by atoms with E-state index in [0.29, 0.717) is 6.54 Å². The van der Waals surface area contributed by atoms with Crippen molar-refractivity contribution in [2.75, 3.05) is 45.9 Å². The Hall–Kier alpha value is -1.66. The van der Waals surface area contributed by atoms with Crippen molar-refractivity contribution in [3.63, 3.8) is 0 Å². The summed E-state index contributed by atoms with van der Waals surface area (Å²) in [5, 5.41) is 3.00. The Balaban J connectivity index is 1.51. The molecule has 0 aromatic heterocycles. The van der Waals surface area contributed by atoms with E-state index in [1.807, 2.05) is 11.0 Å². The molecule has 6 heteroatoms. The number of urea groups is 1. The van der Waals surface area contributed by atoms with E-state index >= 15 is 0 Å². The van der Waals surface area contributed by atoms with E-state index < -0.39 is 0 Å². The number of nitrogens with one attached hydrogen (secondary N) is 1. The molecular formula is C17H24FN3O2. The van der Waals surface area contributed by atoms with Crippen LogP contribution in [0.5, 0.6) is 0 Å². The van der Waals surface area contributed by atoms with E-state index in [2.05, 4.69) is 10.2 Å². The maximum absolute atomic E-state index is 13.4. The minimum Gasteiger partial charge on any atom is -0.379 e. The number of benzene rings is 1. The number of likely N-dealkylation sites (tertiary alicyclic amines) is 1. The van der Waals surface area contributed by atoms with Gasteiger partial charge in [-0.2, -0.15) is 0 Å². The second-order valence-electron chi connectivity index (χ2n) is 6.09. The Morgan fingerprint density at radius 3 is 2.91 bits per heavy atom. The van der Waals surface area contributed by atoms with Crippen molar-refractivity contribution in [2.45, 2.75) is 18.9 Å². The highest BCUT2D eigenvalue weighted by Gasteiger charge is 2.30. The summed E-state index contributed by atoms with van der Waals surface area (Å²) in [6, 6.07) is 6.50. The summed E-state index contributed by atoms with van der Waals surface area (Å²) in [7, 11) is 0. The van der Waals surface area contributed by atoms with Gasteiger partial charge in [-0.1, -0.05) is 12.1 Å². The molecule has 1 unspecified atom stereocenters. The molecule has 126 valence electrons. The van der Waals surface area contributed by atoms with Gasteiger partial charge in [-0.15, -0.1) is 0 Å². The van der Waals surface area contributed by atoms with Gasteiger partial charge in [-0.05, 0) is 30.5 Å². The summed E-state index contributed by atoms with van der Waals surface area (Å²) >= 11 is 0. The van der Waals surface area contributed by atoms with Gasteiger partial charge in [0.2, 0.25) is 0 Å². The van der Waals surface area contributed by atoms with Crippen LogP contribution in [0, 0.1) is 5.82 Å². The highest BCUT2D eigenvalue weighted by molar-refractivity contribution is 5.75. The second-order valence-corrected chi connectivity index (χ2v) is 6.09. The molecular weight excluding hydrogens is 297 g/mol. The van der Waals surface area contributed by atoms with Crippen molar-refractivity contribution < 1.29 is 13.9 Å². The molecule has 1 N–H and O–H groups in total. The first-order valence-corrected chi connectivity index (χ1v) is 8.34. The summed E-state index contributed by atoms with van der Waals surface area (Å²) in [6.07, 6.45) is 1.85. The van der Waals surface area contributed by atoms with Crippen LogP contribution in [0.3, 0.4) is 0 Å². The quantitative estimate of drug-likeness (QED) is 0.922. The first-order valence-electron chi connectivity index (χ1n) is 8.34. The minimum absolute atomic E-state index is 0.0194. The molecule has 0 bridgehead atoms. The van der Waals surface area contributed by atoms with Gasteiger partial charge in [0.1, 0.15) is 5.82 Å². The number of carbonyl (C=O) groups excluding carboxylic acids is 1. The molecule has 0 spiro atoms. The topological polar surface area (TPSA) is 44.8 Å². The van der Waals surface area contributed by atoms with E-state index in [-0.39, 0.29) is 17.9 Å². The molecule has 1 aromatic carbocycles. The molecule has 0 aliphatic carbocycles. The lowest BCUT2D eigenvalue weighted by atomic mass is 10.0. The van der Waals surface area contributed by atoms with E-state index in [0.717, 1.165) is 57.8 Å². The van der Waals surface area contributed by atoms with E-state index in [4.69, 9.17) is 4.74 Å². The monoisotopic (exact) mass is 321 g/mol. The van der Waals surface area contributed by atoms with Crippen LogP contribution >= 0.6 is 0 Å². The fourth-order valence-electron chi connectivity index (χ4n) is 3.32. The van der Waals surface area contributed by atoms with Crippen LogP contribution in [0.25, 0.3) is 0 Å². The number of carbonyl (C=O) groups is 1. The zero-order valence-corrected chi connectivity index (χ0v) is 13.3. The molecule has 2 fully saturated rings. The predicted octanol–water partition coefficient (Wildman–Crippen LogP) is 2.00. The third-order valence-corrected chi connectivity index (χ3v) is 4.56. The van der Waals surface area contributed by atoms with Crippen molar-refractivity contribution in [3.8, 4) is 0 Å². The summed E-state index contributed by atoms with van der Waals surface area (Å²) in [6.45, 7) is 5.57. The van der Waals surface area contributed by atoms with Crippen molar-refractivity contribution in [1.29, 1.82) is 0 Å². The van der Waals surface area contributed by atoms with Gasteiger partial charge >= 0.3 is 6.03 Å². The molecule has 1 atom stereocenters. The minimum atomic E-state index is -0.248. The summed E-state index contributed by atoms with van der Waals surface area (Å²) in [5.41, 5.74) is 0.880. The highest BCUT2D eigenvalue weighted by Crippen LogP contribution is 2.31. The molecule has 23 heavy (non-hydrogen) atoms. The Morgan fingerprint density at radius 1 is 1.30 bits per heavy atom. The molecule has 5 nitrogen and oxygen atoms in total. The number of amides is 2. The number of nitrogens with zero attached hydrogens (tertiary/aromatic N) is 2. The molecule has 2 heterocycles.